The molecule has 2 fully saturated rings. The van der Waals surface area contributed by atoms with Crippen LogP contribution < -0.4 is 5.32 Å². The van der Waals surface area contributed by atoms with Crippen LogP contribution in [-0.4, -0.2) is 36.6 Å². The molecule has 1 saturated carbocycles. The fraction of sp³-hybridized carbons (Fsp3) is 0.857. The maximum absolute atomic E-state index is 5.67. The molecule has 2 unspecified atom stereocenters. The number of halogens is 1. The molecule has 1 aliphatic carbocycles. The van der Waals surface area contributed by atoms with Gasteiger partial charge in [-0.25, -0.2) is 0 Å². The van der Waals surface area contributed by atoms with Gasteiger partial charge in [0.1, 0.15) is 0 Å². The molecule has 0 bridgehead atoms. The zero-order valence-electron chi connectivity index (χ0n) is 10.9. The molecule has 3 heteroatoms. The van der Waals surface area contributed by atoms with E-state index in [-0.39, 0.29) is 0 Å². The summed E-state index contributed by atoms with van der Waals surface area (Å²) in [6.45, 7) is 5.59. The number of nitrogens with one attached hydrogen (secondary N) is 1. The van der Waals surface area contributed by atoms with Gasteiger partial charge < -0.3 is 5.32 Å². The van der Waals surface area contributed by atoms with Gasteiger partial charge in [0.15, 0.2) is 0 Å². The average Bonchev–Trinajstić information content (AvgIpc) is 2.37. The minimum absolute atomic E-state index is 0.610. The van der Waals surface area contributed by atoms with Gasteiger partial charge in [-0.2, -0.15) is 0 Å². The second-order valence-electron chi connectivity index (χ2n) is 5.59. The Hall–Kier alpha value is -0.0500. The van der Waals surface area contributed by atoms with Crippen molar-refractivity contribution >= 4 is 11.6 Å². The van der Waals surface area contributed by atoms with Crippen LogP contribution in [-0.2, 0) is 0 Å². The van der Waals surface area contributed by atoms with Crippen molar-refractivity contribution in [3.05, 3.63) is 11.6 Å². The Morgan fingerprint density at radius 2 is 2.06 bits per heavy atom. The fourth-order valence-electron chi connectivity index (χ4n) is 3.37. The Morgan fingerprint density at radius 3 is 2.76 bits per heavy atom. The molecule has 0 radical (unpaired) electrons. The number of hydrogen-bond acceptors (Lipinski definition) is 2. The van der Waals surface area contributed by atoms with Crippen molar-refractivity contribution in [3.63, 3.8) is 0 Å². The molecule has 17 heavy (non-hydrogen) atoms. The van der Waals surface area contributed by atoms with Gasteiger partial charge in [0.25, 0.3) is 0 Å². The predicted molar refractivity (Wildman–Crippen MR) is 74.4 cm³/mol. The average molecular weight is 257 g/mol. The quantitative estimate of drug-likeness (QED) is 0.835. The largest absolute Gasteiger partial charge is 0.311 e. The normalized spacial score (nSPS) is 33.3. The zero-order valence-corrected chi connectivity index (χ0v) is 11.6. The summed E-state index contributed by atoms with van der Waals surface area (Å²) >= 11 is 5.67. The summed E-state index contributed by atoms with van der Waals surface area (Å²) in [7, 11) is 0. The third-order valence-electron chi connectivity index (χ3n) is 4.28. The molecule has 2 atom stereocenters. The number of rotatable bonds is 3. The van der Waals surface area contributed by atoms with Crippen molar-refractivity contribution < 1.29 is 0 Å². The fourth-order valence-corrected chi connectivity index (χ4v) is 3.45. The molecule has 0 aromatic carbocycles. The molecule has 0 spiro atoms. The Morgan fingerprint density at radius 1 is 1.29 bits per heavy atom. The van der Waals surface area contributed by atoms with Gasteiger partial charge in [0.2, 0.25) is 0 Å². The van der Waals surface area contributed by atoms with Crippen LogP contribution in [0, 0.1) is 5.92 Å². The van der Waals surface area contributed by atoms with Crippen molar-refractivity contribution in [1.82, 2.24) is 10.2 Å². The lowest BCUT2D eigenvalue weighted by Crippen LogP contribution is -2.58. The standard InChI is InChI=1S/C14H25ClN2/c1-12-11-17(9-5-8-15)14(10-16-12)13-6-3-2-4-7-13/h5,8,12-14,16H,2-4,6-7,9-11H2,1H3/b8-5+. The topological polar surface area (TPSA) is 15.3 Å². The van der Waals surface area contributed by atoms with Crippen LogP contribution in [0.1, 0.15) is 39.0 Å². The summed E-state index contributed by atoms with van der Waals surface area (Å²) < 4.78 is 0. The van der Waals surface area contributed by atoms with Gasteiger partial charge in [-0.1, -0.05) is 36.9 Å². The maximum atomic E-state index is 5.67. The summed E-state index contributed by atoms with van der Waals surface area (Å²) in [4.78, 5) is 2.62. The minimum Gasteiger partial charge on any atom is -0.311 e. The van der Waals surface area contributed by atoms with Crippen LogP contribution >= 0.6 is 11.6 Å². The van der Waals surface area contributed by atoms with Gasteiger partial charge in [-0.15, -0.1) is 0 Å². The summed E-state index contributed by atoms with van der Waals surface area (Å²) in [5.74, 6) is 0.896. The molecule has 0 amide bonds. The van der Waals surface area contributed by atoms with E-state index < -0.39 is 0 Å². The molecule has 1 N–H and O–H groups in total. The van der Waals surface area contributed by atoms with E-state index in [0.717, 1.165) is 31.6 Å². The molecule has 0 aromatic rings. The van der Waals surface area contributed by atoms with Gasteiger partial charge in [-0.3, -0.25) is 4.90 Å². The third-order valence-corrected chi connectivity index (χ3v) is 4.45. The Kier molecular flexibility index (Phi) is 5.33. The predicted octanol–water partition coefficient (Wildman–Crippen LogP) is 2.98. The SMILES string of the molecule is CC1CN(C/C=C/Cl)C(C2CCCCC2)CN1. The van der Waals surface area contributed by atoms with Crippen LogP contribution in [0.3, 0.4) is 0 Å². The van der Waals surface area contributed by atoms with E-state index in [0.29, 0.717) is 6.04 Å². The highest BCUT2D eigenvalue weighted by Crippen LogP contribution is 2.30. The van der Waals surface area contributed by atoms with Gasteiger partial charge >= 0.3 is 0 Å². The van der Waals surface area contributed by atoms with E-state index in [1.165, 1.54) is 32.1 Å². The molecular formula is C14H25ClN2. The lowest BCUT2D eigenvalue weighted by molar-refractivity contribution is 0.0862. The third kappa shape index (κ3) is 3.70. The Bertz CT molecular complexity index is 249. The first-order chi connectivity index (χ1) is 8.31. The monoisotopic (exact) mass is 256 g/mol. The van der Waals surface area contributed by atoms with Crippen LogP contribution in [0.15, 0.2) is 11.6 Å². The van der Waals surface area contributed by atoms with Crippen LogP contribution in [0.5, 0.6) is 0 Å². The van der Waals surface area contributed by atoms with E-state index in [9.17, 15) is 0 Å². The summed E-state index contributed by atoms with van der Waals surface area (Å²) in [6.07, 6.45) is 9.21. The highest BCUT2D eigenvalue weighted by molar-refractivity contribution is 6.25. The molecule has 2 nitrogen and oxygen atoms in total. The molecule has 1 heterocycles. The van der Waals surface area contributed by atoms with Crippen molar-refractivity contribution in [2.75, 3.05) is 19.6 Å². The smallest absolute Gasteiger partial charge is 0.0252 e. The van der Waals surface area contributed by atoms with Crippen LogP contribution in [0.4, 0.5) is 0 Å². The second-order valence-corrected chi connectivity index (χ2v) is 5.84. The van der Waals surface area contributed by atoms with Gasteiger partial charge in [0, 0.05) is 37.3 Å². The van der Waals surface area contributed by atoms with Crippen molar-refractivity contribution in [2.24, 2.45) is 5.92 Å². The second kappa shape index (κ2) is 6.77. The van der Waals surface area contributed by atoms with E-state index in [4.69, 9.17) is 11.6 Å². The van der Waals surface area contributed by atoms with E-state index in [2.05, 4.69) is 23.2 Å². The number of hydrogen-bond donors (Lipinski definition) is 1. The van der Waals surface area contributed by atoms with E-state index in [1.807, 2.05) is 0 Å². The lowest BCUT2D eigenvalue weighted by Gasteiger charge is -2.44. The van der Waals surface area contributed by atoms with Crippen molar-refractivity contribution in [3.8, 4) is 0 Å². The van der Waals surface area contributed by atoms with Gasteiger partial charge in [0.05, 0.1) is 0 Å². The Labute approximate surface area is 110 Å². The van der Waals surface area contributed by atoms with Gasteiger partial charge in [-0.05, 0) is 25.7 Å². The minimum atomic E-state index is 0.610. The Balaban J connectivity index is 1.95. The molecule has 2 aliphatic rings. The van der Waals surface area contributed by atoms with Crippen LogP contribution in [0.2, 0.25) is 0 Å². The molecular weight excluding hydrogens is 232 g/mol. The zero-order chi connectivity index (χ0) is 12.1. The van der Waals surface area contributed by atoms with E-state index in [1.54, 1.807) is 5.54 Å². The molecule has 2 rings (SSSR count). The molecule has 1 aliphatic heterocycles. The number of nitrogens with zero attached hydrogens (tertiary/aromatic N) is 1. The number of piperazine rings is 1. The first-order valence-electron chi connectivity index (χ1n) is 7.04. The lowest BCUT2D eigenvalue weighted by atomic mass is 9.82. The maximum Gasteiger partial charge on any atom is 0.0252 e. The molecule has 98 valence electrons. The summed E-state index contributed by atoms with van der Waals surface area (Å²) in [6, 6.07) is 1.33. The molecule has 0 aromatic heterocycles. The van der Waals surface area contributed by atoms with Crippen LogP contribution in [0.25, 0.3) is 0 Å². The highest BCUT2D eigenvalue weighted by atomic mass is 35.5. The van der Waals surface area contributed by atoms with E-state index >= 15 is 0 Å². The summed E-state index contributed by atoms with van der Waals surface area (Å²) in [5, 5.41) is 3.64. The first-order valence-corrected chi connectivity index (χ1v) is 7.47. The summed E-state index contributed by atoms with van der Waals surface area (Å²) in [5.41, 5.74) is 1.66. The highest BCUT2D eigenvalue weighted by Gasteiger charge is 2.31. The first kappa shape index (κ1) is 13.4. The van der Waals surface area contributed by atoms with Crippen molar-refractivity contribution in [1.29, 1.82) is 0 Å². The molecule has 1 saturated heterocycles. The van der Waals surface area contributed by atoms with Crippen molar-refractivity contribution in [2.45, 2.75) is 51.1 Å².